The molecular weight excluding hydrogens is 228 g/mol. The van der Waals surface area contributed by atoms with Crippen LogP contribution in [0, 0.1) is 17.2 Å². The molecule has 0 atom stereocenters. The molecule has 0 aromatic heterocycles. The lowest BCUT2D eigenvalue weighted by Crippen LogP contribution is -2.13. The van der Waals surface area contributed by atoms with Crippen LogP contribution >= 0.6 is 11.8 Å². The first-order chi connectivity index (χ1) is 8.26. The molecule has 0 aliphatic rings. The topological polar surface area (TPSA) is 35.8 Å². The fraction of sp³-hybridized carbons (Fsp3) is 0.500. The van der Waals surface area contributed by atoms with Crippen molar-refractivity contribution in [2.24, 2.45) is 5.92 Å². The zero-order valence-electron chi connectivity index (χ0n) is 10.8. The fourth-order valence-corrected chi connectivity index (χ4v) is 2.37. The Balaban J connectivity index is 2.81. The van der Waals surface area contributed by atoms with Crippen molar-refractivity contribution in [1.29, 1.82) is 5.26 Å². The van der Waals surface area contributed by atoms with Crippen molar-refractivity contribution < 1.29 is 0 Å². The molecule has 0 aliphatic carbocycles. The number of rotatable bonds is 6. The van der Waals surface area contributed by atoms with Crippen LogP contribution in [-0.4, -0.2) is 12.8 Å². The number of nitrogens with one attached hydrogen (secondary N) is 1. The molecule has 92 valence electrons. The minimum Gasteiger partial charge on any atom is -0.384 e. The third-order valence-electron chi connectivity index (χ3n) is 3.09. The van der Waals surface area contributed by atoms with E-state index in [-0.39, 0.29) is 0 Å². The van der Waals surface area contributed by atoms with Crippen LogP contribution in [0.2, 0.25) is 0 Å². The van der Waals surface area contributed by atoms with E-state index < -0.39 is 0 Å². The van der Waals surface area contributed by atoms with Gasteiger partial charge in [0, 0.05) is 11.4 Å². The molecule has 1 rings (SSSR count). The lowest BCUT2D eigenvalue weighted by molar-refractivity contribution is 0.519. The number of anilines is 1. The van der Waals surface area contributed by atoms with Crippen molar-refractivity contribution >= 4 is 17.4 Å². The Morgan fingerprint density at radius 2 is 2.06 bits per heavy atom. The smallest absolute Gasteiger partial charge is 0.102 e. The summed E-state index contributed by atoms with van der Waals surface area (Å²) in [6.07, 6.45) is 4.35. The van der Waals surface area contributed by atoms with Gasteiger partial charge in [-0.15, -0.1) is 11.8 Å². The Kier molecular flexibility index (Phi) is 5.93. The monoisotopic (exact) mass is 248 g/mol. The van der Waals surface area contributed by atoms with Crippen LogP contribution in [0.3, 0.4) is 0 Å². The first-order valence-corrected chi connectivity index (χ1v) is 7.30. The third kappa shape index (κ3) is 3.67. The molecule has 1 N–H and O–H groups in total. The van der Waals surface area contributed by atoms with Crippen LogP contribution in [0.4, 0.5) is 5.69 Å². The lowest BCUT2D eigenvalue weighted by atomic mass is 10.0. The highest BCUT2D eigenvalue weighted by atomic mass is 32.2. The van der Waals surface area contributed by atoms with Gasteiger partial charge in [-0.25, -0.2) is 0 Å². The first kappa shape index (κ1) is 13.9. The average molecular weight is 248 g/mol. The highest BCUT2D eigenvalue weighted by Gasteiger charge is 2.08. The van der Waals surface area contributed by atoms with Gasteiger partial charge in [-0.05, 0) is 24.3 Å². The normalized spacial score (nSPS) is 10.3. The summed E-state index contributed by atoms with van der Waals surface area (Å²) < 4.78 is 0. The zero-order chi connectivity index (χ0) is 12.7. The van der Waals surface area contributed by atoms with E-state index in [1.54, 1.807) is 11.8 Å². The van der Waals surface area contributed by atoms with Gasteiger partial charge in [-0.3, -0.25) is 0 Å². The standard InChI is InChI=1S/C14H20N2S/c1-4-11(5-2)10-16-13-7-6-8-14(17-3)12(13)9-15/h6-8,11,16H,4-5,10H2,1-3H3. The van der Waals surface area contributed by atoms with E-state index in [2.05, 4.69) is 25.2 Å². The summed E-state index contributed by atoms with van der Waals surface area (Å²) in [6, 6.07) is 8.27. The van der Waals surface area contributed by atoms with Crippen molar-refractivity contribution in [1.82, 2.24) is 0 Å². The molecule has 0 fully saturated rings. The van der Waals surface area contributed by atoms with Crippen LogP contribution in [0.15, 0.2) is 23.1 Å². The summed E-state index contributed by atoms with van der Waals surface area (Å²) in [7, 11) is 0. The third-order valence-corrected chi connectivity index (χ3v) is 3.87. The Hall–Kier alpha value is -1.14. The van der Waals surface area contributed by atoms with Crippen molar-refractivity contribution in [3.05, 3.63) is 23.8 Å². The summed E-state index contributed by atoms with van der Waals surface area (Å²) in [6.45, 7) is 5.36. The van der Waals surface area contributed by atoms with Gasteiger partial charge in [0.2, 0.25) is 0 Å². The summed E-state index contributed by atoms with van der Waals surface area (Å²) in [4.78, 5) is 1.04. The predicted molar refractivity (Wildman–Crippen MR) is 75.5 cm³/mol. The molecule has 1 aromatic rings. The summed E-state index contributed by atoms with van der Waals surface area (Å²) >= 11 is 1.62. The Morgan fingerprint density at radius 3 is 2.59 bits per heavy atom. The average Bonchev–Trinajstić information content (AvgIpc) is 2.39. The van der Waals surface area contributed by atoms with Crippen molar-refractivity contribution in [3.8, 4) is 6.07 Å². The van der Waals surface area contributed by atoms with Crippen molar-refractivity contribution in [2.45, 2.75) is 31.6 Å². The molecule has 0 heterocycles. The van der Waals surface area contributed by atoms with Crippen LogP contribution in [0.5, 0.6) is 0 Å². The fourth-order valence-electron chi connectivity index (χ4n) is 1.80. The summed E-state index contributed by atoms with van der Waals surface area (Å²) in [5.74, 6) is 0.680. The molecule has 3 heteroatoms. The quantitative estimate of drug-likeness (QED) is 0.769. The van der Waals surface area contributed by atoms with E-state index in [0.717, 1.165) is 22.7 Å². The van der Waals surface area contributed by atoms with Crippen molar-refractivity contribution in [2.75, 3.05) is 18.1 Å². The molecule has 0 saturated heterocycles. The van der Waals surface area contributed by atoms with E-state index in [1.165, 1.54) is 12.8 Å². The summed E-state index contributed by atoms with van der Waals surface area (Å²) in [5.41, 5.74) is 1.73. The second-order valence-corrected chi connectivity index (χ2v) is 4.91. The molecular formula is C14H20N2S. The van der Waals surface area contributed by atoms with E-state index >= 15 is 0 Å². The highest BCUT2D eigenvalue weighted by molar-refractivity contribution is 7.98. The summed E-state index contributed by atoms with van der Waals surface area (Å²) in [5, 5.41) is 12.6. The van der Waals surface area contributed by atoms with E-state index in [9.17, 15) is 5.26 Å². The number of benzene rings is 1. The Bertz CT molecular complexity index is 392. The molecule has 0 spiro atoms. The predicted octanol–water partition coefficient (Wildman–Crippen LogP) is 4.13. The van der Waals surface area contributed by atoms with Crippen LogP contribution in [-0.2, 0) is 0 Å². The second kappa shape index (κ2) is 7.24. The molecule has 1 aromatic carbocycles. The minimum absolute atomic E-state index is 0.680. The van der Waals surface area contributed by atoms with Gasteiger partial charge in [-0.2, -0.15) is 5.26 Å². The van der Waals surface area contributed by atoms with E-state index in [0.29, 0.717) is 5.92 Å². The number of thioether (sulfide) groups is 1. The van der Waals surface area contributed by atoms with Gasteiger partial charge in [0.25, 0.3) is 0 Å². The van der Waals surface area contributed by atoms with E-state index in [1.807, 2.05) is 24.5 Å². The van der Waals surface area contributed by atoms with Crippen molar-refractivity contribution in [3.63, 3.8) is 0 Å². The molecule has 0 bridgehead atoms. The first-order valence-electron chi connectivity index (χ1n) is 6.07. The largest absolute Gasteiger partial charge is 0.384 e. The highest BCUT2D eigenvalue weighted by Crippen LogP contribution is 2.26. The van der Waals surface area contributed by atoms with Gasteiger partial charge in [0.1, 0.15) is 6.07 Å². The van der Waals surface area contributed by atoms with Gasteiger partial charge in [0.15, 0.2) is 0 Å². The molecule has 0 amide bonds. The molecule has 0 saturated carbocycles. The number of hydrogen-bond acceptors (Lipinski definition) is 3. The van der Waals surface area contributed by atoms with Crippen LogP contribution in [0.25, 0.3) is 0 Å². The van der Waals surface area contributed by atoms with Crippen LogP contribution in [0.1, 0.15) is 32.3 Å². The number of hydrogen-bond donors (Lipinski definition) is 1. The lowest BCUT2D eigenvalue weighted by Gasteiger charge is -2.16. The maximum absolute atomic E-state index is 9.21. The maximum Gasteiger partial charge on any atom is 0.102 e. The molecule has 0 aliphatic heterocycles. The number of nitrogens with zero attached hydrogens (tertiary/aromatic N) is 1. The van der Waals surface area contributed by atoms with Gasteiger partial charge < -0.3 is 5.32 Å². The number of nitriles is 1. The van der Waals surface area contributed by atoms with Gasteiger partial charge >= 0.3 is 0 Å². The second-order valence-electron chi connectivity index (χ2n) is 4.06. The molecule has 0 radical (unpaired) electrons. The van der Waals surface area contributed by atoms with Gasteiger partial charge in [0.05, 0.1) is 11.3 Å². The maximum atomic E-state index is 9.21. The Morgan fingerprint density at radius 1 is 1.35 bits per heavy atom. The minimum atomic E-state index is 0.680. The SMILES string of the molecule is CCC(CC)CNc1cccc(SC)c1C#N. The Labute approximate surface area is 108 Å². The van der Waals surface area contributed by atoms with E-state index in [4.69, 9.17) is 0 Å². The van der Waals surface area contributed by atoms with Crippen LogP contribution < -0.4 is 5.32 Å². The van der Waals surface area contributed by atoms with Gasteiger partial charge in [-0.1, -0.05) is 32.8 Å². The molecule has 2 nitrogen and oxygen atoms in total. The molecule has 17 heavy (non-hydrogen) atoms. The molecule has 0 unspecified atom stereocenters. The zero-order valence-corrected chi connectivity index (χ0v) is 11.6.